The highest BCUT2D eigenvalue weighted by atomic mass is 16.4. The Hall–Kier alpha value is -1.13. The Morgan fingerprint density at radius 1 is 1.50 bits per heavy atom. The van der Waals surface area contributed by atoms with Crippen molar-refractivity contribution in [1.82, 2.24) is 5.32 Å². The van der Waals surface area contributed by atoms with E-state index in [-0.39, 0.29) is 11.4 Å². The van der Waals surface area contributed by atoms with Crippen LogP contribution >= 0.6 is 0 Å². The SMILES string of the molecule is O=C=C1C(B(O)O)=CC=CC1C1CCNC1. The zero-order chi connectivity index (χ0) is 11.5. The molecule has 2 aliphatic rings. The first kappa shape index (κ1) is 11.4. The zero-order valence-electron chi connectivity index (χ0n) is 8.89. The Balaban J connectivity index is 2.25. The Morgan fingerprint density at radius 2 is 2.31 bits per heavy atom. The fourth-order valence-electron chi connectivity index (χ4n) is 2.39. The number of carbonyl (C=O) groups excluding carboxylic acids is 1. The molecule has 0 aromatic carbocycles. The molecule has 4 nitrogen and oxygen atoms in total. The van der Waals surface area contributed by atoms with Gasteiger partial charge in [0.15, 0.2) is 0 Å². The van der Waals surface area contributed by atoms with Gasteiger partial charge in [-0.1, -0.05) is 18.2 Å². The molecule has 0 aromatic heterocycles. The molecule has 0 aromatic rings. The van der Waals surface area contributed by atoms with Gasteiger partial charge in [0.05, 0.1) is 0 Å². The van der Waals surface area contributed by atoms with E-state index in [1.165, 1.54) is 0 Å². The van der Waals surface area contributed by atoms with Crippen LogP contribution in [-0.2, 0) is 4.79 Å². The van der Waals surface area contributed by atoms with E-state index in [4.69, 9.17) is 0 Å². The van der Waals surface area contributed by atoms with Crippen molar-refractivity contribution in [3.63, 3.8) is 0 Å². The third-order valence-electron chi connectivity index (χ3n) is 3.23. The average Bonchev–Trinajstić information content (AvgIpc) is 2.81. The molecule has 0 bridgehead atoms. The van der Waals surface area contributed by atoms with Crippen LogP contribution in [-0.4, -0.2) is 36.2 Å². The highest BCUT2D eigenvalue weighted by Gasteiger charge is 2.33. The maximum atomic E-state index is 11.0. The van der Waals surface area contributed by atoms with Crippen molar-refractivity contribution >= 4 is 13.1 Å². The quantitative estimate of drug-likeness (QED) is 0.431. The summed E-state index contributed by atoms with van der Waals surface area (Å²) in [4.78, 5) is 11.0. The van der Waals surface area contributed by atoms with Gasteiger partial charge in [-0.05, 0) is 30.9 Å². The van der Waals surface area contributed by atoms with E-state index in [2.05, 4.69) is 5.32 Å². The second-order valence-electron chi connectivity index (χ2n) is 4.17. The van der Waals surface area contributed by atoms with Crippen molar-refractivity contribution in [1.29, 1.82) is 0 Å². The molecule has 2 atom stereocenters. The third kappa shape index (κ3) is 2.03. The largest absolute Gasteiger partial charge is 0.489 e. The summed E-state index contributed by atoms with van der Waals surface area (Å²) in [6.07, 6.45) is 6.27. The van der Waals surface area contributed by atoms with E-state index in [1.54, 1.807) is 12.2 Å². The number of hydrogen-bond acceptors (Lipinski definition) is 4. The van der Waals surface area contributed by atoms with Crippen LogP contribution in [0.15, 0.2) is 29.3 Å². The Labute approximate surface area is 94.5 Å². The van der Waals surface area contributed by atoms with Crippen molar-refractivity contribution in [2.75, 3.05) is 13.1 Å². The molecular weight excluding hydrogens is 205 g/mol. The summed E-state index contributed by atoms with van der Waals surface area (Å²) < 4.78 is 0. The lowest BCUT2D eigenvalue weighted by Gasteiger charge is -2.24. The lowest BCUT2D eigenvalue weighted by molar-refractivity contribution is 0.414. The fourth-order valence-corrected chi connectivity index (χ4v) is 2.39. The summed E-state index contributed by atoms with van der Waals surface area (Å²) in [6.45, 7) is 1.80. The molecule has 84 valence electrons. The van der Waals surface area contributed by atoms with Crippen LogP contribution in [0, 0.1) is 11.8 Å². The summed E-state index contributed by atoms with van der Waals surface area (Å²) in [5.74, 6) is 2.16. The monoisotopic (exact) mass is 219 g/mol. The lowest BCUT2D eigenvalue weighted by atomic mass is 9.67. The van der Waals surface area contributed by atoms with Crippen molar-refractivity contribution in [3.05, 3.63) is 29.3 Å². The molecule has 16 heavy (non-hydrogen) atoms. The fraction of sp³-hybridized carbons (Fsp3) is 0.455. The lowest BCUT2D eigenvalue weighted by Crippen LogP contribution is -2.27. The van der Waals surface area contributed by atoms with Crippen LogP contribution in [0.5, 0.6) is 0 Å². The molecule has 1 heterocycles. The van der Waals surface area contributed by atoms with E-state index in [0.717, 1.165) is 19.5 Å². The van der Waals surface area contributed by atoms with E-state index in [0.29, 0.717) is 11.5 Å². The van der Waals surface area contributed by atoms with E-state index < -0.39 is 7.12 Å². The normalized spacial score (nSPS) is 28.9. The van der Waals surface area contributed by atoms with Crippen molar-refractivity contribution in [3.8, 4) is 0 Å². The van der Waals surface area contributed by atoms with E-state index in [1.807, 2.05) is 12.0 Å². The van der Waals surface area contributed by atoms with Gasteiger partial charge in [0.1, 0.15) is 5.94 Å². The van der Waals surface area contributed by atoms with E-state index in [9.17, 15) is 14.8 Å². The van der Waals surface area contributed by atoms with Crippen LogP contribution in [0.2, 0.25) is 0 Å². The minimum absolute atomic E-state index is 0.0469. The maximum absolute atomic E-state index is 11.0. The maximum Gasteiger partial charge on any atom is 0.489 e. The molecule has 3 N–H and O–H groups in total. The molecule has 2 unspecified atom stereocenters. The summed E-state index contributed by atoms with van der Waals surface area (Å²) >= 11 is 0. The predicted octanol–water partition coefficient (Wildman–Crippen LogP) is -0.522. The Kier molecular flexibility index (Phi) is 3.41. The van der Waals surface area contributed by atoms with Crippen LogP contribution in [0.4, 0.5) is 0 Å². The van der Waals surface area contributed by atoms with Crippen LogP contribution < -0.4 is 5.32 Å². The molecule has 0 amide bonds. The van der Waals surface area contributed by atoms with Crippen molar-refractivity contribution in [2.24, 2.45) is 11.8 Å². The molecule has 0 radical (unpaired) electrons. The summed E-state index contributed by atoms with van der Waals surface area (Å²) in [5, 5.41) is 21.6. The van der Waals surface area contributed by atoms with Crippen LogP contribution in [0.1, 0.15) is 6.42 Å². The second kappa shape index (κ2) is 4.81. The number of allylic oxidation sites excluding steroid dienone is 5. The van der Waals surface area contributed by atoms with Crippen LogP contribution in [0.25, 0.3) is 0 Å². The summed E-state index contributed by atoms with van der Waals surface area (Å²) in [6, 6.07) is 0. The smallest absolute Gasteiger partial charge is 0.423 e. The summed E-state index contributed by atoms with van der Waals surface area (Å²) in [7, 11) is -1.60. The number of nitrogens with one attached hydrogen (secondary N) is 1. The second-order valence-corrected chi connectivity index (χ2v) is 4.17. The number of rotatable bonds is 2. The topological polar surface area (TPSA) is 69.6 Å². The Morgan fingerprint density at radius 3 is 2.88 bits per heavy atom. The van der Waals surface area contributed by atoms with E-state index >= 15 is 0 Å². The van der Waals surface area contributed by atoms with Gasteiger partial charge in [-0.2, -0.15) is 0 Å². The van der Waals surface area contributed by atoms with Crippen LogP contribution in [0.3, 0.4) is 0 Å². The molecule has 0 spiro atoms. The first-order valence-corrected chi connectivity index (χ1v) is 5.44. The number of hydrogen-bond donors (Lipinski definition) is 3. The molecule has 1 saturated heterocycles. The third-order valence-corrected chi connectivity index (χ3v) is 3.23. The van der Waals surface area contributed by atoms with Gasteiger partial charge in [0.2, 0.25) is 0 Å². The predicted molar refractivity (Wildman–Crippen MR) is 61.1 cm³/mol. The Bertz CT molecular complexity index is 377. The molecule has 1 fully saturated rings. The minimum Gasteiger partial charge on any atom is -0.423 e. The molecular formula is C11H14BNO3. The molecule has 0 saturated carbocycles. The average molecular weight is 219 g/mol. The van der Waals surface area contributed by atoms with Crippen molar-refractivity contribution in [2.45, 2.75) is 6.42 Å². The van der Waals surface area contributed by atoms with Gasteiger partial charge in [0.25, 0.3) is 0 Å². The minimum atomic E-state index is -1.60. The van der Waals surface area contributed by atoms with Gasteiger partial charge < -0.3 is 15.4 Å². The van der Waals surface area contributed by atoms with Gasteiger partial charge in [0, 0.05) is 11.5 Å². The molecule has 2 rings (SSSR count). The van der Waals surface area contributed by atoms with Gasteiger partial charge >= 0.3 is 7.12 Å². The van der Waals surface area contributed by atoms with Gasteiger partial charge in [-0.3, -0.25) is 0 Å². The molecule has 1 aliphatic carbocycles. The van der Waals surface area contributed by atoms with Crippen molar-refractivity contribution < 1.29 is 14.8 Å². The summed E-state index contributed by atoms with van der Waals surface area (Å²) in [5.41, 5.74) is 0.653. The highest BCUT2D eigenvalue weighted by molar-refractivity contribution is 6.52. The van der Waals surface area contributed by atoms with Gasteiger partial charge in [-0.25, -0.2) is 4.79 Å². The first-order chi connectivity index (χ1) is 7.74. The molecule has 5 heteroatoms. The highest BCUT2D eigenvalue weighted by Crippen LogP contribution is 2.32. The van der Waals surface area contributed by atoms with Gasteiger partial charge in [-0.15, -0.1) is 0 Å². The zero-order valence-corrected chi connectivity index (χ0v) is 8.89. The standard InChI is InChI=1S/C11H14BNO3/c14-7-10-9(8-4-5-13-6-8)2-1-3-11(10)12(15)16/h1-3,8-9,13,15-16H,4-6H2. The first-order valence-electron chi connectivity index (χ1n) is 5.44. The molecule has 1 aliphatic heterocycles.